The van der Waals surface area contributed by atoms with Crippen LogP contribution in [0.1, 0.15) is 13.3 Å². The zero-order valence-electron chi connectivity index (χ0n) is 6.90. The van der Waals surface area contributed by atoms with E-state index in [1.54, 1.807) is 0 Å². The van der Waals surface area contributed by atoms with Crippen LogP contribution in [0.15, 0.2) is 0 Å². The molecule has 0 aliphatic carbocycles. The normalized spacial score (nSPS) is 19.4. The second-order valence-electron chi connectivity index (χ2n) is 2.95. The Hall–Kier alpha value is -0.160. The van der Waals surface area contributed by atoms with E-state index in [1.165, 1.54) is 0 Å². The highest BCUT2D eigenvalue weighted by molar-refractivity contribution is 4.70. The van der Waals surface area contributed by atoms with Crippen molar-refractivity contribution in [2.75, 3.05) is 13.1 Å². The fourth-order valence-corrected chi connectivity index (χ4v) is 0.823. The predicted molar refractivity (Wildman–Crippen MR) is 43.9 cm³/mol. The predicted octanol–water partition coefficient (Wildman–Crippen LogP) is -1.35. The molecule has 0 aromatic carbocycles. The monoisotopic (exact) mass is 162 g/mol. The van der Waals surface area contributed by atoms with Gasteiger partial charge in [-0.1, -0.05) is 6.92 Å². The first-order valence-corrected chi connectivity index (χ1v) is 3.88. The zero-order valence-corrected chi connectivity index (χ0v) is 6.90. The SMILES string of the molecule is CC(CN)CC(O)C(O)CN. The molecule has 0 radical (unpaired) electrons. The second kappa shape index (κ2) is 5.49. The minimum absolute atomic E-state index is 0.0957. The summed E-state index contributed by atoms with van der Waals surface area (Å²) in [4.78, 5) is 0. The minimum Gasteiger partial charge on any atom is -0.390 e. The molecule has 4 heteroatoms. The lowest BCUT2D eigenvalue weighted by molar-refractivity contribution is 0.0124. The second-order valence-corrected chi connectivity index (χ2v) is 2.95. The van der Waals surface area contributed by atoms with Crippen molar-refractivity contribution in [3.05, 3.63) is 0 Å². The summed E-state index contributed by atoms with van der Waals surface area (Å²) in [6.07, 6.45) is -1.04. The first-order valence-electron chi connectivity index (χ1n) is 3.88. The molecule has 6 N–H and O–H groups in total. The summed E-state index contributed by atoms with van der Waals surface area (Å²) < 4.78 is 0. The van der Waals surface area contributed by atoms with Crippen LogP contribution in [0.5, 0.6) is 0 Å². The quantitative estimate of drug-likeness (QED) is 0.402. The summed E-state index contributed by atoms with van der Waals surface area (Å²) in [5, 5.41) is 18.3. The van der Waals surface area contributed by atoms with Crippen LogP contribution in [0.2, 0.25) is 0 Å². The number of aliphatic hydroxyl groups excluding tert-OH is 2. The molecule has 0 heterocycles. The van der Waals surface area contributed by atoms with Crippen molar-refractivity contribution in [2.45, 2.75) is 25.6 Å². The third-order valence-corrected chi connectivity index (χ3v) is 1.73. The molecule has 0 spiro atoms. The number of aliphatic hydroxyl groups is 2. The average Bonchev–Trinajstić information content (AvgIpc) is 2.02. The van der Waals surface area contributed by atoms with Crippen molar-refractivity contribution in [2.24, 2.45) is 17.4 Å². The summed E-state index contributed by atoms with van der Waals surface area (Å²) in [7, 11) is 0. The number of rotatable bonds is 5. The minimum atomic E-state index is -0.816. The Bertz CT molecular complexity index is 100. The molecule has 68 valence electrons. The summed E-state index contributed by atoms with van der Waals surface area (Å²) in [5.74, 6) is 0.228. The summed E-state index contributed by atoms with van der Waals surface area (Å²) in [6, 6.07) is 0. The van der Waals surface area contributed by atoms with Crippen molar-refractivity contribution in [3.8, 4) is 0 Å². The summed E-state index contributed by atoms with van der Waals surface area (Å²) >= 11 is 0. The lowest BCUT2D eigenvalue weighted by Gasteiger charge is -2.18. The molecule has 0 saturated carbocycles. The molecular weight excluding hydrogens is 144 g/mol. The molecule has 3 unspecified atom stereocenters. The molecule has 0 aromatic heterocycles. The van der Waals surface area contributed by atoms with Crippen molar-refractivity contribution >= 4 is 0 Å². The first-order chi connectivity index (χ1) is 5.11. The van der Waals surface area contributed by atoms with E-state index < -0.39 is 12.2 Å². The van der Waals surface area contributed by atoms with E-state index in [2.05, 4.69) is 0 Å². The van der Waals surface area contributed by atoms with E-state index >= 15 is 0 Å². The topological polar surface area (TPSA) is 92.5 Å². The Balaban J connectivity index is 3.58. The van der Waals surface area contributed by atoms with Gasteiger partial charge in [-0.05, 0) is 18.9 Å². The van der Waals surface area contributed by atoms with Crippen molar-refractivity contribution in [3.63, 3.8) is 0 Å². The number of hydrogen-bond donors (Lipinski definition) is 4. The molecule has 0 rings (SSSR count). The zero-order chi connectivity index (χ0) is 8.85. The standard InChI is InChI=1S/C7H18N2O2/c1-5(3-8)2-6(10)7(11)4-9/h5-7,10-11H,2-4,8-9H2,1H3. The Morgan fingerprint density at radius 3 is 2.00 bits per heavy atom. The molecule has 4 nitrogen and oxygen atoms in total. The maximum atomic E-state index is 9.23. The van der Waals surface area contributed by atoms with Crippen LogP contribution < -0.4 is 11.5 Å². The van der Waals surface area contributed by atoms with Gasteiger partial charge in [-0.2, -0.15) is 0 Å². The molecule has 0 aliphatic rings. The van der Waals surface area contributed by atoms with Crippen LogP contribution in [0, 0.1) is 5.92 Å². The molecule has 0 saturated heterocycles. The van der Waals surface area contributed by atoms with Gasteiger partial charge in [-0.15, -0.1) is 0 Å². The van der Waals surface area contributed by atoms with Crippen molar-refractivity contribution in [1.29, 1.82) is 0 Å². The van der Waals surface area contributed by atoms with E-state index in [0.29, 0.717) is 13.0 Å². The van der Waals surface area contributed by atoms with Gasteiger partial charge in [0.1, 0.15) is 0 Å². The van der Waals surface area contributed by atoms with Crippen LogP contribution in [-0.4, -0.2) is 35.5 Å². The number of nitrogens with two attached hydrogens (primary N) is 2. The largest absolute Gasteiger partial charge is 0.390 e. The van der Waals surface area contributed by atoms with Gasteiger partial charge in [0.15, 0.2) is 0 Å². The van der Waals surface area contributed by atoms with E-state index in [1.807, 2.05) is 6.92 Å². The first kappa shape index (κ1) is 10.8. The fraction of sp³-hybridized carbons (Fsp3) is 1.00. The molecule has 0 aromatic rings. The van der Waals surface area contributed by atoms with Crippen LogP contribution in [0.25, 0.3) is 0 Å². The lowest BCUT2D eigenvalue weighted by atomic mass is 10.0. The molecule has 3 atom stereocenters. The van der Waals surface area contributed by atoms with E-state index in [9.17, 15) is 5.11 Å². The smallest absolute Gasteiger partial charge is 0.0921 e. The van der Waals surface area contributed by atoms with Crippen LogP contribution in [0.3, 0.4) is 0 Å². The highest BCUT2D eigenvalue weighted by atomic mass is 16.3. The van der Waals surface area contributed by atoms with Gasteiger partial charge in [-0.25, -0.2) is 0 Å². The molecule has 11 heavy (non-hydrogen) atoms. The molecule has 0 amide bonds. The van der Waals surface area contributed by atoms with E-state index in [0.717, 1.165) is 0 Å². The third-order valence-electron chi connectivity index (χ3n) is 1.73. The van der Waals surface area contributed by atoms with Gasteiger partial charge in [0.2, 0.25) is 0 Å². The molecule has 0 aliphatic heterocycles. The summed E-state index contributed by atoms with van der Waals surface area (Å²) in [5.41, 5.74) is 10.5. The van der Waals surface area contributed by atoms with Gasteiger partial charge in [0.25, 0.3) is 0 Å². The summed E-state index contributed by atoms with van der Waals surface area (Å²) in [6.45, 7) is 2.54. The Kier molecular flexibility index (Phi) is 5.41. The van der Waals surface area contributed by atoms with Gasteiger partial charge >= 0.3 is 0 Å². The van der Waals surface area contributed by atoms with Crippen LogP contribution in [0.4, 0.5) is 0 Å². The Morgan fingerprint density at radius 2 is 1.64 bits per heavy atom. The van der Waals surface area contributed by atoms with E-state index in [-0.39, 0.29) is 12.5 Å². The maximum absolute atomic E-state index is 9.23. The van der Waals surface area contributed by atoms with Crippen molar-refractivity contribution < 1.29 is 10.2 Å². The Morgan fingerprint density at radius 1 is 1.09 bits per heavy atom. The van der Waals surface area contributed by atoms with Gasteiger partial charge in [0.05, 0.1) is 12.2 Å². The average molecular weight is 162 g/mol. The molecular formula is C7H18N2O2. The van der Waals surface area contributed by atoms with E-state index in [4.69, 9.17) is 16.6 Å². The maximum Gasteiger partial charge on any atom is 0.0921 e. The number of hydrogen-bond acceptors (Lipinski definition) is 4. The van der Waals surface area contributed by atoms with Crippen LogP contribution in [-0.2, 0) is 0 Å². The Labute approximate surface area is 67.2 Å². The van der Waals surface area contributed by atoms with Crippen LogP contribution >= 0.6 is 0 Å². The third kappa shape index (κ3) is 4.31. The highest BCUT2D eigenvalue weighted by Crippen LogP contribution is 2.06. The molecule has 0 bridgehead atoms. The van der Waals surface area contributed by atoms with Crippen molar-refractivity contribution in [1.82, 2.24) is 0 Å². The molecule has 0 fully saturated rings. The van der Waals surface area contributed by atoms with Gasteiger partial charge in [0, 0.05) is 6.54 Å². The van der Waals surface area contributed by atoms with Gasteiger partial charge < -0.3 is 21.7 Å². The van der Waals surface area contributed by atoms with Gasteiger partial charge in [-0.3, -0.25) is 0 Å². The fourth-order valence-electron chi connectivity index (χ4n) is 0.823. The highest BCUT2D eigenvalue weighted by Gasteiger charge is 2.16. The lowest BCUT2D eigenvalue weighted by Crippen LogP contribution is -2.35.